The van der Waals surface area contributed by atoms with Crippen LogP contribution in [-0.2, 0) is 0 Å². The second-order valence-corrected chi connectivity index (χ2v) is 4.34. The summed E-state index contributed by atoms with van der Waals surface area (Å²) in [5, 5.41) is 3.99. The monoisotopic (exact) mass is 231 g/mol. The molecule has 90 valence electrons. The highest BCUT2D eigenvalue weighted by Gasteiger charge is 2.16. The Morgan fingerprint density at radius 2 is 1.71 bits per heavy atom. The molecule has 0 aliphatic carbocycles. The second-order valence-electron chi connectivity index (χ2n) is 4.34. The molecule has 0 spiro atoms. The third kappa shape index (κ3) is 1.93. The van der Waals surface area contributed by atoms with Crippen LogP contribution in [0.3, 0.4) is 0 Å². The van der Waals surface area contributed by atoms with Gasteiger partial charge in [-0.05, 0) is 51.0 Å². The predicted molar refractivity (Wildman–Crippen MR) is 67.4 cm³/mol. The van der Waals surface area contributed by atoms with Crippen molar-refractivity contribution in [1.82, 2.24) is 5.16 Å². The maximum atomic E-state index is 5.45. The molecule has 0 fully saturated rings. The Balaban J connectivity index is 2.70. The van der Waals surface area contributed by atoms with Crippen LogP contribution in [0.15, 0.2) is 16.7 Å². The Labute approximate surface area is 101 Å². The number of benzene rings is 1. The van der Waals surface area contributed by atoms with Crippen molar-refractivity contribution in [1.29, 1.82) is 0 Å². The third-order valence-electron chi connectivity index (χ3n) is 3.12. The third-order valence-corrected chi connectivity index (χ3v) is 3.12. The minimum absolute atomic E-state index is 0.823. The van der Waals surface area contributed by atoms with E-state index in [9.17, 15) is 0 Å². The van der Waals surface area contributed by atoms with Gasteiger partial charge >= 0.3 is 0 Å². The maximum absolute atomic E-state index is 5.45. The maximum Gasteiger partial charge on any atom is 0.141 e. The summed E-state index contributed by atoms with van der Waals surface area (Å²) in [4.78, 5) is 0. The van der Waals surface area contributed by atoms with Crippen molar-refractivity contribution in [2.45, 2.75) is 27.7 Å². The molecule has 0 amide bonds. The quantitative estimate of drug-likeness (QED) is 0.792. The summed E-state index contributed by atoms with van der Waals surface area (Å²) in [5.41, 5.74) is 5.43. The van der Waals surface area contributed by atoms with Gasteiger partial charge in [0.15, 0.2) is 0 Å². The summed E-state index contributed by atoms with van der Waals surface area (Å²) >= 11 is 0. The molecule has 0 saturated heterocycles. The van der Waals surface area contributed by atoms with Gasteiger partial charge in [-0.3, -0.25) is 0 Å². The van der Waals surface area contributed by atoms with Crippen molar-refractivity contribution in [3.8, 4) is 16.9 Å². The standard InChI is InChI=1S/C14H17NO2/c1-8-6-12(13(16-5)7-9(8)2)14-10(3)15-17-11(14)4/h6-7H,1-5H3. The number of methoxy groups -OCH3 is 1. The average Bonchev–Trinajstić information content (AvgIpc) is 2.62. The molecule has 1 aromatic carbocycles. The highest BCUT2D eigenvalue weighted by atomic mass is 16.5. The van der Waals surface area contributed by atoms with E-state index in [1.807, 2.05) is 13.8 Å². The van der Waals surface area contributed by atoms with E-state index in [-0.39, 0.29) is 0 Å². The number of hydrogen-bond acceptors (Lipinski definition) is 3. The Bertz CT molecular complexity index is 536. The van der Waals surface area contributed by atoms with Crippen molar-refractivity contribution in [2.24, 2.45) is 0 Å². The number of hydrogen-bond donors (Lipinski definition) is 0. The number of ether oxygens (including phenoxy) is 1. The molecule has 0 radical (unpaired) electrons. The molecule has 2 aromatic rings. The van der Waals surface area contributed by atoms with E-state index in [1.165, 1.54) is 11.1 Å². The van der Waals surface area contributed by atoms with Crippen LogP contribution in [0.1, 0.15) is 22.6 Å². The molecule has 17 heavy (non-hydrogen) atoms. The molecule has 0 atom stereocenters. The number of nitrogens with zero attached hydrogens (tertiary/aromatic N) is 1. The first-order valence-electron chi connectivity index (χ1n) is 5.63. The molecular formula is C14H17NO2. The van der Waals surface area contributed by atoms with Gasteiger partial charge in [0.25, 0.3) is 0 Å². The number of rotatable bonds is 2. The predicted octanol–water partition coefficient (Wildman–Crippen LogP) is 3.58. The van der Waals surface area contributed by atoms with Crippen LogP contribution in [-0.4, -0.2) is 12.3 Å². The van der Waals surface area contributed by atoms with E-state index in [2.05, 4.69) is 31.1 Å². The van der Waals surface area contributed by atoms with Crippen LogP contribution in [0.4, 0.5) is 0 Å². The first-order valence-corrected chi connectivity index (χ1v) is 5.63. The SMILES string of the molecule is COc1cc(C)c(C)cc1-c1c(C)noc1C. The van der Waals surface area contributed by atoms with E-state index in [1.54, 1.807) is 7.11 Å². The van der Waals surface area contributed by atoms with Gasteiger partial charge in [-0.25, -0.2) is 0 Å². The highest BCUT2D eigenvalue weighted by molar-refractivity contribution is 5.75. The minimum atomic E-state index is 0.823. The fraction of sp³-hybridized carbons (Fsp3) is 0.357. The van der Waals surface area contributed by atoms with Gasteiger partial charge in [0.1, 0.15) is 11.5 Å². The van der Waals surface area contributed by atoms with Crippen molar-refractivity contribution < 1.29 is 9.26 Å². The van der Waals surface area contributed by atoms with Gasteiger partial charge < -0.3 is 9.26 Å². The Hall–Kier alpha value is -1.77. The van der Waals surface area contributed by atoms with Crippen LogP contribution >= 0.6 is 0 Å². The lowest BCUT2D eigenvalue weighted by Gasteiger charge is -2.11. The minimum Gasteiger partial charge on any atom is -0.496 e. The van der Waals surface area contributed by atoms with E-state index in [0.29, 0.717) is 0 Å². The first-order chi connectivity index (χ1) is 8.04. The van der Waals surface area contributed by atoms with Crippen molar-refractivity contribution in [3.05, 3.63) is 34.7 Å². The van der Waals surface area contributed by atoms with Crippen molar-refractivity contribution in [2.75, 3.05) is 7.11 Å². The average molecular weight is 231 g/mol. The molecular weight excluding hydrogens is 214 g/mol. The summed E-state index contributed by atoms with van der Waals surface area (Å²) in [5.74, 6) is 1.69. The lowest BCUT2D eigenvalue weighted by atomic mass is 9.98. The van der Waals surface area contributed by atoms with Crippen LogP contribution < -0.4 is 4.74 Å². The van der Waals surface area contributed by atoms with Gasteiger partial charge in [-0.2, -0.15) is 0 Å². The van der Waals surface area contributed by atoms with Crippen molar-refractivity contribution in [3.63, 3.8) is 0 Å². The van der Waals surface area contributed by atoms with Gasteiger partial charge in [-0.1, -0.05) is 5.16 Å². The van der Waals surface area contributed by atoms with Gasteiger partial charge in [0, 0.05) is 5.56 Å². The molecule has 3 heteroatoms. The summed E-state index contributed by atoms with van der Waals surface area (Å²) in [7, 11) is 1.69. The lowest BCUT2D eigenvalue weighted by molar-refractivity contribution is 0.393. The van der Waals surface area contributed by atoms with E-state index in [4.69, 9.17) is 9.26 Å². The first kappa shape index (κ1) is 11.7. The fourth-order valence-electron chi connectivity index (χ4n) is 2.02. The van der Waals surface area contributed by atoms with E-state index in [0.717, 1.165) is 28.3 Å². The zero-order valence-corrected chi connectivity index (χ0v) is 10.9. The van der Waals surface area contributed by atoms with E-state index < -0.39 is 0 Å². The number of aryl methyl sites for hydroxylation is 4. The molecule has 3 nitrogen and oxygen atoms in total. The molecule has 1 aromatic heterocycles. The molecule has 0 aliphatic heterocycles. The summed E-state index contributed by atoms with van der Waals surface area (Å²) in [6.45, 7) is 8.04. The summed E-state index contributed by atoms with van der Waals surface area (Å²) in [6.07, 6.45) is 0. The van der Waals surface area contributed by atoms with Gasteiger partial charge in [0.2, 0.25) is 0 Å². The van der Waals surface area contributed by atoms with Crippen LogP contribution in [0, 0.1) is 27.7 Å². The van der Waals surface area contributed by atoms with Crippen molar-refractivity contribution >= 4 is 0 Å². The molecule has 1 heterocycles. The van der Waals surface area contributed by atoms with Crippen LogP contribution in [0.25, 0.3) is 11.1 Å². The normalized spacial score (nSPS) is 10.6. The highest BCUT2D eigenvalue weighted by Crippen LogP contribution is 2.36. The smallest absolute Gasteiger partial charge is 0.141 e. The Morgan fingerprint density at radius 1 is 1.06 bits per heavy atom. The molecule has 0 unspecified atom stereocenters. The van der Waals surface area contributed by atoms with Crippen LogP contribution in [0.5, 0.6) is 5.75 Å². The van der Waals surface area contributed by atoms with E-state index >= 15 is 0 Å². The topological polar surface area (TPSA) is 35.3 Å². The van der Waals surface area contributed by atoms with Crippen LogP contribution in [0.2, 0.25) is 0 Å². The molecule has 0 saturated carbocycles. The fourth-order valence-corrected chi connectivity index (χ4v) is 2.02. The zero-order valence-electron chi connectivity index (χ0n) is 10.9. The van der Waals surface area contributed by atoms with Gasteiger partial charge in [0.05, 0.1) is 18.4 Å². The molecule has 0 bridgehead atoms. The molecule has 0 N–H and O–H groups in total. The lowest BCUT2D eigenvalue weighted by Crippen LogP contribution is -1.93. The Kier molecular flexibility index (Phi) is 2.92. The second kappa shape index (κ2) is 4.24. The molecule has 0 aliphatic rings. The zero-order chi connectivity index (χ0) is 12.6. The summed E-state index contributed by atoms with van der Waals surface area (Å²) < 4.78 is 10.7. The summed E-state index contributed by atoms with van der Waals surface area (Å²) in [6, 6.07) is 4.18. The Morgan fingerprint density at radius 3 is 2.24 bits per heavy atom. The van der Waals surface area contributed by atoms with Gasteiger partial charge in [-0.15, -0.1) is 0 Å². The molecule has 2 rings (SSSR count). The number of aromatic nitrogens is 1. The largest absolute Gasteiger partial charge is 0.496 e.